The van der Waals surface area contributed by atoms with Crippen molar-refractivity contribution >= 4 is 17.4 Å². The van der Waals surface area contributed by atoms with Crippen molar-refractivity contribution in [3.63, 3.8) is 0 Å². The lowest BCUT2D eigenvalue weighted by atomic mass is 9.99. The quantitative estimate of drug-likeness (QED) is 0.912. The third-order valence-corrected chi connectivity index (χ3v) is 5.35. The van der Waals surface area contributed by atoms with Crippen LogP contribution in [0.2, 0.25) is 5.02 Å². The molecule has 0 saturated heterocycles. The molecule has 2 saturated carbocycles. The summed E-state index contributed by atoms with van der Waals surface area (Å²) in [6.07, 6.45) is 3.88. The van der Waals surface area contributed by atoms with E-state index in [1.165, 1.54) is 31.4 Å². The van der Waals surface area contributed by atoms with Gasteiger partial charge in [-0.2, -0.15) is 5.10 Å². The maximum absolute atomic E-state index is 13.3. The number of aryl methyl sites for hydroxylation is 1. The Balaban J connectivity index is 1.84. The van der Waals surface area contributed by atoms with Gasteiger partial charge in [0.25, 0.3) is 0 Å². The van der Waals surface area contributed by atoms with Crippen molar-refractivity contribution in [2.24, 2.45) is 18.9 Å². The Kier molecular flexibility index (Phi) is 2.80. The monoisotopic (exact) mass is 305 g/mol. The Morgan fingerprint density at radius 2 is 2.05 bits per heavy atom. The van der Waals surface area contributed by atoms with E-state index in [1.807, 2.05) is 7.05 Å². The molecule has 0 amide bonds. The van der Waals surface area contributed by atoms with Gasteiger partial charge in [-0.1, -0.05) is 18.0 Å². The minimum Gasteiger partial charge on any atom is -0.383 e. The molecule has 5 heteroatoms. The predicted molar refractivity (Wildman–Crippen MR) is 81.6 cm³/mol. The zero-order valence-electron chi connectivity index (χ0n) is 11.8. The second-order valence-electron chi connectivity index (χ2n) is 6.18. The van der Waals surface area contributed by atoms with Crippen LogP contribution in [0.25, 0.3) is 11.1 Å². The molecule has 0 aliphatic heterocycles. The van der Waals surface area contributed by atoms with Crippen molar-refractivity contribution in [3.8, 4) is 11.1 Å². The summed E-state index contributed by atoms with van der Waals surface area (Å²) >= 11 is 6.23. The maximum Gasteiger partial charge on any atom is 0.129 e. The third kappa shape index (κ3) is 1.89. The van der Waals surface area contributed by atoms with Crippen molar-refractivity contribution in [2.45, 2.75) is 25.2 Å². The second kappa shape index (κ2) is 4.47. The second-order valence-corrected chi connectivity index (χ2v) is 6.58. The molecule has 2 unspecified atom stereocenters. The number of halogens is 2. The van der Waals surface area contributed by atoms with Gasteiger partial charge in [0.05, 0.1) is 10.7 Å². The van der Waals surface area contributed by atoms with E-state index in [0.29, 0.717) is 16.8 Å². The number of fused-ring (bicyclic) bond motifs is 1. The number of aromatic nitrogens is 2. The number of nitrogens with two attached hydrogens (primary N) is 1. The van der Waals surface area contributed by atoms with E-state index >= 15 is 0 Å². The van der Waals surface area contributed by atoms with Gasteiger partial charge in [-0.25, -0.2) is 4.39 Å². The molecule has 2 N–H and O–H groups in total. The van der Waals surface area contributed by atoms with E-state index in [0.717, 1.165) is 28.7 Å². The average Bonchev–Trinajstić information content (AvgIpc) is 2.78. The summed E-state index contributed by atoms with van der Waals surface area (Å²) in [5.41, 5.74) is 8.92. The van der Waals surface area contributed by atoms with E-state index in [1.54, 1.807) is 10.7 Å². The lowest BCUT2D eigenvalue weighted by Gasteiger charge is -2.08. The Labute approximate surface area is 127 Å². The zero-order chi connectivity index (χ0) is 14.7. The van der Waals surface area contributed by atoms with Crippen LogP contribution in [0.15, 0.2) is 18.2 Å². The highest BCUT2D eigenvalue weighted by atomic mass is 35.5. The molecule has 3 nitrogen and oxygen atoms in total. The van der Waals surface area contributed by atoms with Gasteiger partial charge in [0, 0.05) is 24.1 Å². The lowest BCUT2D eigenvalue weighted by molar-refractivity contribution is 0.628. The lowest BCUT2D eigenvalue weighted by Crippen LogP contribution is -1.98. The molecule has 21 heavy (non-hydrogen) atoms. The molecule has 0 spiro atoms. The first-order valence-electron chi connectivity index (χ1n) is 7.35. The summed E-state index contributed by atoms with van der Waals surface area (Å²) in [5, 5.41) is 5.02. The summed E-state index contributed by atoms with van der Waals surface area (Å²) in [6.45, 7) is 0. The van der Waals surface area contributed by atoms with Gasteiger partial charge in [0.1, 0.15) is 11.6 Å². The molecule has 0 radical (unpaired) electrons. The van der Waals surface area contributed by atoms with Crippen molar-refractivity contribution in [1.29, 1.82) is 0 Å². The highest BCUT2D eigenvalue weighted by Crippen LogP contribution is 2.64. The van der Waals surface area contributed by atoms with E-state index < -0.39 is 0 Å². The number of rotatable bonds is 2. The first-order valence-corrected chi connectivity index (χ1v) is 7.73. The van der Waals surface area contributed by atoms with Gasteiger partial charge in [0.2, 0.25) is 0 Å². The standard InChI is InChI=1S/C16H17ClFN3/c1-21-16(19)14(11-6-5-8(18)7-12(11)17)15(20-21)13-9-3-2-4-10(9)13/h5-7,9-10,13H,2-4,19H2,1H3. The Morgan fingerprint density at radius 3 is 2.71 bits per heavy atom. The van der Waals surface area contributed by atoms with Crippen LogP contribution >= 0.6 is 11.6 Å². The number of hydrogen-bond acceptors (Lipinski definition) is 2. The van der Waals surface area contributed by atoms with Crippen LogP contribution in [0.1, 0.15) is 30.9 Å². The molecule has 2 aliphatic rings. The number of benzene rings is 1. The highest BCUT2D eigenvalue weighted by molar-refractivity contribution is 6.33. The highest BCUT2D eigenvalue weighted by Gasteiger charge is 2.55. The fourth-order valence-electron chi connectivity index (χ4n) is 3.99. The molecular weight excluding hydrogens is 289 g/mol. The number of anilines is 1. The molecular formula is C16H17ClFN3. The topological polar surface area (TPSA) is 43.8 Å². The first-order chi connectivity index (χ1) is 10.1. The van der Waals surface area contributed by atoms with Gasteiger partial charge in [0.15, 0.2) is 0 Å². The average molecular weight is 306 g/mol. The third-order valence-electron chi connectivity index (χ3n) is 5.04. The van der Waals surface area contributed by atoms with E-state index in [-0.39, 0.29) is 5.82 Å². The molecule has 1 aromatic heterocycles. The Hall–Kier alpha value is -1.55. The summed E-state index contributed by atoms with van der Waals surface area (Å²) in [5.74, 6) is 2.26. The van der Waals surface area contributed by atoms with Crippen LogP contribution in [0.4, 0.5) is 10.2 Å². The van der Waals surface area contributed by atoms with Crippen molar-refractivity contribution in [1.82, 2.24) is 9.78 Å². The molecule has 2 aliphatic carbocycles. The smallest absolute Gasteiger partial charge is 0.129 e. The Bertz CT molecular complexity index is 715. The molecule has 2 aromatic rings. The van der Waals surface area contributed by atoms with E-state index in [2.05, 4.69) is 5.10 Å². The zero-order valence-corrected chi connectivity index (χ0v) is 12.6. The van der Waals surface area contributed by atoms with Crippen LogP contribution < -0.4 is 5.73 Å². The predicted octanol–water partition coefficient (Wildman–Crippen LogP) is 3.98. The van der Waals surface area contributed by atoms with Crippen molar-refractivity contribution in [2.75, 3.05) is 5.73 Å². The van der Waals surface area contributed by atoms with Gasteiger partial charge in [-0.15, -0.1) is 0 Å². The summed E-state index contributed by atoms with van der Waals surface area (Å²) in [4.78, 5) is 0. The molecule has 2 atom stereocenters. The molecule has 1 heterocycles. The van der Waals surface area contributed by atoms with Gasteiger partial charge in [-0.3, -0.25) is 4.68 Å². The summed E-state index contributed by atoms with van der Waals surface area (Å²) in [6, 6.07) is 4.46. The Morgan fingerprint density at radius 1 is 1.33 bits per heavy atom. The normalized spacial score (nSPS) is 26.9. The van der Waals surface area contributed by atoms with Gasteiger partial charge in [-0.05, 0) is 42.9 Å². The molecule has 110 valence electrons. The van der Waals surface area contributed by atoms with Crippen LogP contribution in [-0.2, 0) is 7.05 Å². The summed E-state index contributed by atoms with van der Waals surface area (Å²) < 4.78 is 15.0. The maximum atomic E-state index is 13.3. The fraction of sp³-hybridized carbons (Fsp3) is 0.438. The number of hydrogen-bond donors (Lipinski definition) is 1. The largest absolute Gasteiger partial charge is 0.383 e. The van der Waals surface area contributed by atoms with Gasteiger partial charge >= 0.3 is 0 Å². The van der Waals surface area contributed by atoms with Crippen LogP contribution in [0.5, 0.6) is 0 Å². The van der Waals surface area contributed by atoms with E-state index in [9.17, 15) is 4.39 Å². The van der Waals surface area contributed by atoms with Crippen LogP contribution in [-0.4, -0.2) is 9.78 Å². The van der Waals surface area contributed by atoms with Crippen molar-refractivity contribution < 1.29 is 4.39 Å². The molecule has 0 bridgehead atoms. The van der Waals surface area contributed by atoms with Crippen LogP contribution in [0, 0.1) is 17.7 Å². The molecule has 1 aromatic carbocycles. The van der Waals surface area contributed by atoms with E-state index in [4.69, 9.17) is 17.3 Å². The summed E-state index contributed by atoms with van der Waals surface area (Å²) in [7, 11) is 1.85. The fourth-order valence-corrected chi connectivity index (χ4v) is 4.25. The number of nitrogen functional groups attached to an aromatic ring is 1. The molecule has 2 fully saturated rings. The minimum atomic E-state index is -0.337. The molecule has 4 rings (SSSR count). The van der Waals surface area contributed by atoms with Crippen LogP contribution in [0.3, 0.4) is 0 Å². The van der Waals surface area contributed by atoms with Crippen molar-refractivity contribution in [3.05, 3.63) is 34.7 Å². The SMILES string of the molecule is Cn1nc(C2C3CCCC32)c(-c2ccc(F)cc2Cl)c1N. The first kappa shape index (κ1) is 13.1. The minimum absolute atomic E-state index is 0.337. The number of nitrogens with zero attached hydrogens (tertiary/aromatic N) is 2. The van der Waals surface area contributed by atoms with Gasteiger partial charge < -0.3 is 5.73 Å².